The number of benzene rings is 1. The summed E-state index contributed by atoms with van der Waals surface area (Å²) < 4.78 is 0. The summed E-state index contributed by atoms with van der Waals surface area (Å²) >= 11 is 1.37. The molecule has 0 bridgehead atoms. The number of thiophene rings is 1. The minimum atomic E-state index is -0.440. The first kappa shape index (κ1) is 20.6. The fourth-order valence-corrected chi connectivity index (χ4v) is 3.74. The number of ketones is 1. The lowest BCUT2D eigenvalue weighted by molar-refractivity contribution is -0.384. The molecule has 0 fully saturated rings. The largest absolute Gasteiger partial charge is 0.320 e. The van der Waals surface area contributed by atoms with Crippen molar-refractivity contribution < 1.29 is 9.72 Å². The number of hydrogen-bond acceptors (Lipinski definition) is 7. The van der Waals surface area contributed by atoms with E-state index in [1.54, 1.807) is 29.2 Å². The van der Waals surface area contributed by atoms with Gasteiger partial charge in [-0.05, 0) is 56.7 Å². The first-order valence-corrected chi connectivity index (χ1v) is 10.1. The molecule has 0 spiro atoms. The van der Waals surface area contributed by atoms with Crippen LogP contribution in [0.4, 0.5) is 17.2 Å². The first-order chi connectivity index (χ1) is 14.0. The van der Waals surface area contributed by atoms with Gasteiger partial charge >= 0.3 is 5.69 Å². The topological polar surface area (TPSA) is 79.6 Å². The van der Waals surface area contributed by atoms with E-state index in [4.69, 9.17) is 0 Å². The number of pyridine rings is 1. The summed E-state index contributed by atoms with van der Waals surface area (Å²) in [6.07, 6.45) is 2.28. The van der Waals surface area contributed by atoms with Gasteiger partial charge in [0.15, 0.2) is 0 Å². The van der Waals surface area contributed by atoms with Crippen molar-refractivity contribution in [2.24, 2.45) is 0 Å². The van der Waals surface area contributed by atoms with Crippen molar-refractivity contribution in [3.63, 3.8) is 0 Å². The van der Waals surface area contributed by atoms with Crippen LogP contribution in [-0.2, 0) is 0 Å². The summed E-state index contributed by atoms with van der Waals surface area (Å²) in [5, 5.41) is 13.5. The zero-order valence-corrected chi connectivity index (χ0v) is 17.1. The monoisotopic (exact) mass is 410 g/mol. The van der Waals surface area contributed by atoms with Crippen LogP contribution in [0.1, 0.15) is 21.7 Å². The summed E-state index contributed by atoms with van der Waals surface area (Å²) in [7, 11) is 3.95. The second-order valence-corrected chi connectivity index (χ2v) is 7.68. The van der Waals surface area contributed by atoms with Gasteiger partial charge in [0, 0.05) is 24.4 Å². The van der Waals surface area contributed by atoms with E-state index >= 15 is 0 Å². The summed E-state index contributed by atoms with van der Waals surface area (Å²) in [5.41, 5.74) is 1.03. The Bertz CT molecular complexity index is 989. The van der Waals surface area contributed by atoms with Crippen LogP contribution in [0.5, 0.6) is 0 Å². The fraction of sp³-hybridized carbons (Fsp3) is 0.238. The van der Waals surface area contributed by atoms with Crippen LogP contribution >= 0.6 is 11.3 Å². The van der Waals surface area contributed by atoms with E-state index in [9.17, 15) is 14.9 Å². The Balaban J connectivity index is 2.08. The van der Waals surface area contributed by atoms with E-state index in [1.165, 1.54) is 23.6 Å². The number of nitro groups is 1. The van der Waals surface area contributed by atoms with Crippen LogP contribution in [0.25, 0.3) is 0 Å². The third-order valence-corrected chi connectivity index (χ3v) is 5.26. The van der Waals surface area contributed by atoms with Gasteiger partial charge in [0.2, 0.25) is 11.6 Å². The van der Waals surface area contributed by atoms with Crippen LogP contribution in [0.2, 0.25) is 0 Å². The van der Waals surface area contributed by atoms with Crippen molar-refractivity contribution in [1.29, 1.82) is 0 Å². The summed E-state index contributed by atoms with van der Waals surface area (Å²) in [4.78, 5) is 33.0. The highest BCUT2D eigenvalue weighted by molar-refractivity contribution is 7.12. The van der Waals surface area contributed by atoms with Crippen molar-refractivity contribution in [2.45, 2.75) is 6.42 Å². The molecule has 0 radical (unpaired) electrons. The van der Waals surface area contributed by atoms with E-state index in [-0.39, 0.29) is 17.3 Å². The van der Waals surface area contributed by atoms with Crippen molar-refractivity contribution >= 4 is 34.3 Å². The highest BCUT2D eigenvalue weighted by atomic mass is 32.1. The van der Waals surface area contributed by atoms with Gasteiger partial charge in [-0.25, -0.2) is 4.98 Å². The molecule has 3 aromatic rings. The second-order valence-electron chi connectivity index (χ2n) is 6.74. The van der Waals surface area contributed by atoms with Gasteiger partial charge in [-0.1, -0.05) is 18.2 Å². The van der Waals surface area contributed by atoms with Crippen molar-refractivity contribution in [3.05, 3.63) is 80.7 Å². The predicted molar refractivity (Wildman–Crippen MR) is 115 cm³/mol. The smallest absolute Gasteiger partial charge is 0.311 e. The maximum atomic E-state index is 13.1. The number of rotatable bonds is 9. The lowest BCUT2D eigenvalue weighted by Gasteiger charge is -2.26. The van der Waals surface area contributed by atoms with Crippen molar-refractivity contribution in [3.8, 4) is 0 Å². The zero-order valence-electron chi connectivity index (χ0n) is 16.3. The Kier molecular flexibility index (Phi) is 6.69. The fourth-order valence-electron chi connectivity index (χ4n) is 3.07. The van der Waals surface area contributed by atoms with E-state index in [0.29, 0.717) is 22.7 Å². The second kappa shape index (κ2) is 9.40. The summed E-state index contributed by atoms with van der Waals surface area (Å²) in [6.45, 7) is 1.29. The number of nitrogens with zero attached hydrogens (tertiary/aromatic N) is 4. The Morgan fingerprint density at radius 3 is 2.59 bits per heavy atom. The van der Waals surface area contributed by atoms with Crippen LogP contribution in [0, 0.1) is 10.1 Å². The molecule has 29 heavy (non-hydrogen) atoms. The van der Waals surface area contributed by atoms with Gasteiger partial charge in [0.25, 0.3) is 0 Å². The van der Waals surface area contributed by atoms with E-state index < -0.39 is 4.92 Å². The van der Waals surface area contributed by atoms with Gasteiger partial charge in [-0.3, -0.25) is 14.9 Å². The highest BCUT2D eigenvalue weighted by Crippen LogP contribution is 2.34. The average Bonchev–Trinajstić information content (AvgIpc) is 3.25. The van der Waals surface area contributed by atoms with E-state index in [1.807, 2.05) is 42.6 Å². The normalized spacial score (nSPS) is 10.9. The van der Waals surface area contributed by atoms with Crippen molar-refractivity contribution in [2.75, 3.05) is 32.1 Å². The average molecular weight is 410 g/mol. The number of carbonyl (C=O) groups is 1. The molecule has 2 aromatic heterocycles. The Morgan fingerprint density at radius 1 is 1.10 bits per heavy atom. The standard InChI is InChI=1S/C21H22N4O3S/c1-23(2)13-7-14-24(21-18(25(27)28)10-5-12-22-21)17-9-4-3-8-16(17)20(26)19-11-6-15-29-19/h3-6,8-12,15H,7,13-14H2,1-2H3. The number of aromatic nitrogens is 1. The van der Waals surface area contributed by atoms with Gasteiger partial charge in [0.05, 0.1) is 15.5 Å². The molecule has 0 aliphatic carbocycles. The van der Waals surface area contributed by atoms with E-state index in [0.717, 1.165) is 13.0 Å². The predicted octanol–water partition coefficient (Wildman–Crippen LogP) is 4.37. The molecule has 8 heteroatoms. The molecule has 0 aliphatic rings. The zero-order chi connectivity index (χ0) is 20.8. The Morgan fingerprint density at radius 2 is 1.90 bits per heavy atom. The van der Waals surface area contributed by atoms with Gasteiger partial charge in [0.1, 0.15) is 0 Å². The quantitative estimate of drug-likeness (QED) is 0.296. The molecule has 0 saturated heterocycles. The molecular formula is C21H22N4O3S. The molecule has 0 amide bonds. The van der Waals surface area contributed by atoms with Crippen LogP contribution in [0.15, 0.2) is 60.1 Å². The molecule has 150 valence electrons. The molecule has 0 N–H and O–H groups in total. The lowest BCUT2D eigenvalue weighted by atomic mass is 10.1. The number of hydrogen-bond donors (Lipinski definition) is 0. The Labute approximate surface area is 173 Å². The maximum Gasteiger partial charge on any atom is 0.311 e. The molecule has 2 heterocycles. The van der Waals surface area contributed by atoms with E-state index in [2.05, 4.69) is 4.98 Å². The van der Waals surface area contributed by atoms with Crippen LogP contribution < -0.4 is 4.90 Å². The lowest BCUT2D eigenvalue weighted by Crippen LogP contribution is -2.26. The highest BCUT2D eigenvalue weighted by Gasteiger charge is 2.25. The molecule has 0 unspecified atom stereocenters. The van der Waals surface area contributed by atoms with Gasteiger partial charge < -0.3 is 9.80 Å². The van der Waals surface area contributed by atoms with Crippen LogP contribution in [0.3, 0.4) is 0 Å². The molecular weight excluding hydrogens is 388 g/mol. The van der Waals surface area contributed by atoms with Crippen molar-refractivity contribution in [1.82, 2.24) is 9.88 Å². The van der Waals surface area contributed by atoms with Crippen LogP contribution in [-0.4, -0.2) is 47.8 Å². The minimum Gasteiger partial charge on any atom is -0.320 e. The number of para-hydroxylation sites is 1. The van der Waals surface area contributed by atoms with Gasteiger partial charge in [-0.2, -0.15) is 0 Å². The first-order valence-electron chi connectivity index (χ1n) is 9.18. The molecule has 1 aromatic carbocycles. The molecule has 3 rings (SSSR count). The SMILES string of the molecule is CN(C)CCCN(c1ccccc1C(=O)c1cccs1)c1ncccc1[N+](=O)[O-]. The summed E-state index contributed by atoms with van der Waals surface area (Å²) in [6, 6.07) is 13.8. The Hall–Kier alpha value is -3.10. The minimum absolute atomic E-state index is 0.0873. The maximum absolute atomic E-state index is 13.1. The third-order valence-electron chi connectivity index (χ3n) is 4.39. The number of anilines is 2. The molecule has 0 saturated carbocycles. The third kappa shape index (κ3) is 4.85. The summed E-state index contributed by atoms with van der Waals surface area (Å²) in [5.74, 6) is 0.134. The molecule has 0 atom stereocenters. The van der Waals surface area contributed by atoms with Gasteiger partial charge in [-0.15, -0.1) is 11.3 Å². The molecule has 0 aliphatic heterocycles. The number of carbonyl (C=O) groups excluding carboxylic acids is 1. The molecule has 7 nitrogen and oxygen atoms in total.